The van der Waals surface area contributed by atoms with Crippen LogP contribution in [0.5, 0.6) is 0 Å². The van der Waals surface area contributed by atoms with Gasteiger partial charge in [-0.15, -0.1) is 0 Å². The highest BCUT2D eigenvalue weighted by molar-refractivity contribution is 5.76. The molecule has 3 fully saturated rings. The van der Waals surface area contributed by atoms with Gasteiger partial charge in [-0.05, 0) is 89.9 Å². The fourth-order valence-electron chi connectivity index (χ4n) is 12.1. The van der Waals surface area contributed by atoms with E-state index < -0.39 is 124 Å². The Morgan fingerprint density at radius 2 is 0.697 bits per heavy atom. The van der Waals surface area contributed by atoms with Gasteiger partial charge in [0.2, 0.25) is 5.91 Å². The van der Waals surface area contributed by atoms with E-state index in [0.29, 0.717) is 6.42 Å². The van der Waals surface area contributed by atoms with Crippen LogP contribution < -0.4 is 5.32 Å². The van der Waals surface area contributed by atoms with Crippen LogP contribution >= 0.6 is 0 Å². The molecule has 0 radical (unpaired) electrons. The van der Waals surface area contributed by atoms with Gasteiger partial charge in [0.05, 0.1) is 38.6 Å². The van der Waals surface area contributed by atoms with Crippen molar-refractivity contribution in [1.29, 1.82) is 0 Å². The van der Waals surface area contributed by atoms with Gasteiger partial charge in [-0.3, -0.25) is 4.79 Å². The van der Waals surface area contributed by atoms with Crippen molar-refractivity contribution >= 4 is 5.91 Å². The third-order valence-electron chi connectivity index (χ3n) is 18.3. The van der Waals surface area contributed by atoms with Crippen molar-refractivity contribution in [2.45, 2.75) is 349 Å². The zero-order valence-electron chi connectivity index (χ0n) is 60.4. The highest BCUT2D eigenvalue weighted by atomic mass is 16.8. The molecule has 0 spiro atoms. The van der Waals surface area contributed by atoms with Crippen LogP contribution in [0.1, 0.15) is 245 Å². The molecule has 12 N–H and O–H groups in total. The Bertz CT molecular complexity index is 2260. The molecule has 3 aliphatic heterocycles. The molecule has 1 amide bonds. The van der Waals surface area contributed by atoms with Gasteiger partial charge in [0, 0.05) is 6.42 Å². The quantitative estimate of drug-likeness (QED) is 0.0199. The summed E-state index contributed by atoms with van der Waals surface area (Å²) in [7, 11) is 0. The summed E-state index contributed by atoms with van der Waals surface area (Å²) in [5, 5.41) is 121. The predicted molar refractivity (Wildman–Crippen MR) is 392 cm³/mol. The van der Waals surface area contributed by atoms with Crippen molar-refractivity contribution in [2.75, 3.05) is 26.4 Å². The Hall–Kier alpha value is -3.81. The number of hydrogen-bond acceptors (Lipinski definition) is 18. The topological polar surface area (TPSA) is 307 Å². The first-order valence-electron chi connectivity index (χ1n) is 38.3. The van der Waals surface area contributed by atoms with Crippen molar-refractivity contribution in [1.82, 2.24) is 5.32 Å². The Morgan fingerprint density at radius 3 is 1.09 bits per heavy atom. The summed E-state index contributed by atoms with van der Waals surface area (Å²) < 4.78 is 34.3. The largest absolute Gasteiger partial charge is 0.394 e. The average molecular weight is 1400 g/mol. The third-order valence-corrected chi connectivity index (χ3v) is 18.3. The molecule has 17 atom stereocenters. The second-order valence-corrected chi connectivity index (χ2v) is 26.7. The molecule has 0 saturated carbocycles. The lowest BCUT2D eigenvalue weighted by atomic mass is 9.96. The van der Waals surface area contributed by atoms with Gasteiger partial charge >= 0.3 is 0 Å². The van der Waals surface area contributed by atoms with E-state index in [1.165, 1.54) is 103 Å². The second-order valence-electron chi connectivity index (χ2n) is 26.7. The first-order valence-corrected chi connectivity index (χ1v) is 38.3. The number of aliphatic hydroxyl groups excluding tert-OH is 11. The van der Waals surface area contributed by atoms with Crippen molar-refractivity contribution < 1.29 is 89.4 Å². The SMILES string of the molecule is CC/C=C\C/C=C\C/C=C\C/C=C\C/C=C\C/C=C\C/C=C\C/C=C\C/C=C\CCCCCCCCCCCCCCCC(=O)NC(COC1OC(CO)C(OC2OC(CO)C(OC3OC(CO)C(O)C(O)C3O)C(O)C2O)C(O)C1O)C(O)/C=C/CCCCCCCCCCCCC. The van der Waals surface area contributed by atoms with Gasteiger partial charge in [0.15, 0.2) is 18.9 Å². The minimum absolute atomic E-state index is 0.236. The summed E-state index contributed by atoms with van der Waals surface area (Å²) in [6, 6.07) is -0.980. The van der Waals surface area contributed by atoms with E-state index in [0.717, 1.165) is 116 Å². The van der Waals surface area contributed by atoms with E-state index in [1.54, 1.807) is 6.08 Å². The van der Waals surface area contributed by atoms with Gasteiger partial charge in [-0.25, -0.2) is 0 Å². The fraction of sp³-hybridized carbons (Fsp3) is 0.738. The highest BCUT2D eigenvalue weighted by Crippen LogP contribution is 2.33. The maximum atomic E-state index is 13.4. The molecule has 19 heteroatoms. The molecule has 0 aromatic carbocycles. The van der Waals surface area contributed by atoms with Crippen molar-refractivity contribution in [3.05, 3.63) is 122 Å². The normalized spacial score (nSPS) is 27.3. The van der Waals surface area contributed by atoms with Gasteiger partial charge < -0.3 is 89.9 Å². The second kappa shape index (κ2) is 59.6. The highest BCUT2D eigenvalue weighted by Gasteiger charge is 2.53. The Labute approximate surface area is 595 Å². The van der Waals surface area contributed by atoms with Crippen LogP contribution in [0.3, 0.4) is 0 Å². The minimum atomic E-state index is -1.98. The lowest BCUT2D eigenvalue weighted by Gasteiger charge is -2.48. The zero-order chi connectivity index (χ0) is 71.8. The summed E-state index contributed by atoms with van der Waals surface area (Å²) in [4.78, 5) is 13.4. The van der Waals surface area contributed by atoms with Crippen LogP contribution in [0.25, 0.3) is 0 Å². The first-order chi connectivity index (χ1) is 48.3. The minimum Gasteiger partial charge on any atom is -0.394 e. The van der Waals surface area contributed by atoms with E-state index in [2.05, 4.69) is 129 Å². The standard InChI is InChI=1S/C80H135NO18/c1-3-5-7-9-11-13-15-17-18-19-20-21-22-23-24-25-26-27-28-29-30-31-32-33-34-35-36-37-38-39-40-41-42-43-44-46-48-50-52-54-56-58-68(86)81-63(64(85)57-55-53-51-49-47-45-16-14-12-10-8-6-4-2)62-94-78-74(92)71(89)76(66(60-83)96-78)99-80-75(93)72(90)77(67(61-84)97-80)98-79-73(91)70(88)69(87)65(59-82)95-79/h5,7,11,13,17-18,20-21,23-24,26-27,29-30,32-33,35-36,55,57,63-67,69-80,82-85,87-93H,3-4,6,8-10,12,14-16,19,22,25,28,31,34,37-54,56,58-62H2,1-2H3,(H,81,86)/b7-5-,13-11-,18-17-,21-20-,24-23-,27-26-,30-29-,33-32-,36-35-,57-55+. The number of nitrogens with one attached hydrogen (secondary N) is 1. The van der Waals surface area contributed by atoms with Crippen LogP contribution in [0.15, 0.2) is 122 Å². The molecule has 0 aromatic heterocycles. The zero-order valence-corrected chi connectivity index (χ0v) is 60.4. The monoisotopic (exact) mass is 1400 g/mol. The molecule has 3 saturated heterocycles. The van der Waals surface area contributed by atoms with Crippen LogP contribution in [0.4, 0.5) is 0 Å². The molecule has 0 aromatic rings. The number of amides is 1. The van der Waals surface area contributed by atoms with E-state index in [-0.39, 0.29) is 18.9 Å². The van der Waals surface area contributed by atoms with E-state index in [9.17, 15) is 61.0 Å². The average Bonchev–Trinajstić information content (AvgIpc) is 0.785. The maximum absolute atomic E-state index is 13.4. The van der Waals surface area contributed by atoms with Gasteiger partial charge in [0.1, 0.15) is 73.2 Å². The molecular weight excluding hydrogens is 1260 g/mol. The van der Waals surface area contributed by atoms with Crippen LogP contribution in [0.2, 0.25) is 0 Å². The smallest absolute Gasteiger partial charge is 0.220 e. The summed E-state index contributed by atoms with van der Waals surface area (Å²) in [5.74, 6) is -0.281. The molecule has 99 heavy (non-hydrogen) atoms. The summed E-state index contributed by atoms with van der Waals surface area (Å²) >= 11 is 0. The first kappa shape index (κ1) is 89.4. The molecule has 3 aliphatic rings. The lowest BCUT2D eigenvalue weighted by Crippen LogP contribution is -2.66. The molecule has 17 unspecified atom stereocenters. The molecular formula is C80H135NO18. The molecule has 3 rings (SSSR count). The number of hydrogen-bond donors (Lipinski definition) is 12. The van der Waals surface area contributed by atoms with Gasteiger partial charge in [0.25, 0.3) is 0 Å². The molecule has 568 valence electrons. The van der Waals surface area contributed by atoms with Crippen molar-refractivity contribution in [3.63, 3.8) is 0 Å². The van der Waals surface area contributed by atoms with Gasteiger partial charge in [-0.1, -0.05) is 270 Å². The van der Waals surface area contributed by atoms with E-state index in [4.69, 9.17) is 28.4 Å². The van der Waals surface area contributed by atoms with Crippen LogP contribution in [-0.4, -0.2) is 193 Å². The number of allylic oxidation sites excluding steroid dienone is 19. The molecule has 0 aliphatic carbocycles. The number of rotatable bonds is 58. The van der Waals surface area contributed by atoms with Gasteiger partial charge in [-0.2, -0.15) is 0 Å². The molecule has 3 heterocycles. The lowest BCUT2D eigenvalue weighted by molar-refractivity contribution is -0.379. The Morgan fingerprint density at radius 1 is 0.374 bits per heavy atom. The number of aliphatic hydroxyl groups is 11. The fourth-order valence-corrected chi connectivity index (χ4v) is 12.1. The summed E-state index contributed by atoms with van der Waals surface area (Å²) in [6.07, 6.45) is 56.2. The third kappa shape index (κ3) is 40.2. The number of ether oxygens (including phenoxy) is 6. The Kier molecular flexibility index (Phi) is 53.8. The van der Waals surface area contributed by atoms with E-state index >= 15 is 0 Å². The summed E-state index contributed by atoms with van der Waals surface area (Å²) in [6.45, 7) is 1.60. The van der Waals surface area contributed by atoms with Crippen LogP contribution in [-0.2, 0) is 33.2 Å². The number of carbonyl (C=O) groups is 1. The van der Waals surface area contributed by atoms with Crippen molar-refractivity contribution in [2.24, 2.45) is 0 Å². The predicted octanol–water partition coefficient (Wildman–Crippen LogP) is 11.9. The molecule has 19 nitrogen and oxygen atoms in total. The van der Waals surface area contributed by atoms with E-state index in [1.807, 2.05) is 6.08 Å². The molecule has 0 bridgehead atoms. The maximum Gasteiger partial charge on any atom is 0.220 e. The number of unbranched alkanes of at least 4 members (excludes halogenated alkanes) is 24. The Balaban J connectivity index is 1.31. The number of carbonyl (C=O) groups excluding carboxylic acids is 1. The van der Waals surface area contributed by atoms with Crippen LogP contribution in [0, 0.1) is 0 Å². The van der Waals surface area contributed by atoms with Crippen molar-refractivity contribution in [3.8, 4) is 0 Å². The summed E-state index contributed by atoms with van der Waals surface area (Å²) in [5.41, 5.74) is 0.